The minimum Gasteiger partial charge on any atom is -0.507 e. The number of nitrogens with zero attached hydrogens (tertiary/aromatic N) is 1. The molecular formula is C20H14FNO2. The van der Waals surface area contributed by atoms with Gasteiger partial charge in [0.1, 0.15) is 28.9 Å². The van der Waals surface area contributed by atoms with Crippen LogP contribution in [0.1, 0.15) is 17.5 Å². The normalized spacial score (nSPS) is 13.2. The molecule has 1 aliphatic heterocycles. The van der Waals surface area contributed by atoms with E-state index in [1.165, 1.54) is 6.07 Å². The lowest BCUT2D eigenvalue weighted by Gasteiger charge is -2.22. The Hall–Kier alpha value is -3.06. The second kappa shape index (κ2) is 5.54. The Bertz CT molecular complexity index is 1000. The van der Waals surface area contributed by atoms with Crippen LogP contribution in [-0.2, 0) is 6.42 Å². The Morgan fingerprint density at radius 1 is 1.08 bits per heavy atom. The van der Waals surface area contributed by atoms with Gasteiger partial charge in [0, 0.05) is 10.9 Å². The molecule has 0 amide bonds. The molecule has 0 radical (unpaired) electrons. The van der Waals surface area contributed by atoms with E-state index in [1.54, 1.807) is 12.1 Å². The van der Waals surface area contributed by atoms with Gasteiger partial charge >= 0.3 is 0 Å². The lowest BCUT2D eigenvalue weighted by Crippen LogP contribution is -2.12. The summed E-state index contributed by atoms with van der Waals surface area (Å²) in [6.45, 7) is 0.487. The summed E-state index contributed by atoms with van der Waals surface area (Å²) in [6, 6.07) is 14.2. The van der Waals surface area contributed by atoms with Crippen molar-refractivity contribution in [2.24, 2.45) is 0 Å². The number of phenolic OH excluding ortho intramolecular Hbond substituents is 1. The zero-order chi connectivity index (χ0) is 16.7. The molecule has 0 aromatic heterocycles. The number of ether oxygens (including phenoxy) is 1. The molecule has 0 saturated carbocycles. The third-order valence-electron chi connectivity index (χ3n) is 4.46. The summed E-state index contributed by atoms with van der Waals surface area (Å²) >= 11 is 0. The van der Waals surface area contributed by atoms with E-state index in [9.17, 15) is 14.8 Å². The molecule has 0 atom stereocenters. The molecule has 3 nitrogen and oxygen atoms in total. The predicted molar refractivity (Wildman–Crippen MR) is 89.5 cm³/mol. The van der Waals surface area contributed by atoms with E-state index in [4.69, 9.17) is 4.74 Å². The largest absolute Gasteiger partial charge is 0.507 e. The van der Waals surface area contributed by atoms with Gasteiger partial charge in [0.25, 0.3) is 0 Å². The molecule has 0 saturated heterocycles. The van der Waals surface area contributed by atoms with Crippen LogP contribution in [0.25, 0.3) is 21.9 Å². The number of hydrogen-bond donors (Lipinski definition) is 1. The van der Waals surface area contributed by atoms with E-state index in [0.717, 1.165) is 34.9 Å². The number of nitriles is 1. The van der Waals surface area contributed by atoms with Gasteiger partial charge in [0.05, 0.1) is 6.61 Å². The highest BCUT2D eigenvalue weighted by Gasteiger charge is 2.24. The van der Waals surface area contributed by atoms with Crippen molar-refractivity contribution in [1.29, 1.82) is 5.26 Å². The molecule has 0 bridgehead atoms. The van der Waals surface area contributed by atoms with Crippen molar-refractivity contribution >= 4 is 10.8 Å². The molecule has 1 aliphatic rings. The van der Waals surface area contributed by atoms with Gasteiger partial charge in [-0.15, -0.1) is 0 Å². The Morgan fingerprint density at radius 3 is 2.67 bits per heavy atom. The van der Waals surface area contributed by atoms with E-state index in [1.807, 2.05) is 30.3 Å². The summed E-state index contributed by atoms with van der Waals surface area (Å²) in [7, 11) is 0. The molecule has 0 fully saturated rings. The fraction of sp³-hybridized carbons (Fsp3) is 0.150. The zero-order valence-electron chi connectivity index (χ0n) is 12.8. The maximum absolute atomic E-state index is 14.5. The van der Waals surface area contributed by atoms with Gasteiger partial charge in [-0.25, -0.2) is 4.39 Å². The quantitative estimate of drug-likeness (QED) is 0.716. The SMILES string of the molecule is N#Cc1c(F)cc(-c2ccc(O)c3ccccc23)c2c1OCCC2. The van der Waals surface area contributed by atoms with Crippen molar-refractivity contribution in [1.82, 2.24) is 0 Å². The average molecular weight is 319 g/mol. The second-order valence-corrected chi connectivity index (χ2v) is 5.83. The summed E-state index contributed by atoms with van der Waals surface area (Å²) in [5, 5.41) is 20.9. The fourth-order valence-corrected chi connectivity index (χ4v) is 3.36. The van der Waals surface area contributed by atoms with Crippen LogP contribution in [0.5, 0.6) is 11.5 Å². The smallest absolute Gasteiger partial charge is 0.145 e. The van der Waals surface area contributed by atoms with E-state index in [-0.39, 0.29) is 11.3 Å². The van der Waals surface area contributed by atoms with E-state index >= 15 is 0 Å². The van der Waals surface area contributed by atoms with Crippen molar-refractivity contribution < 1.29 is 14.2 Å². The summed E-state index contributed by atoms with van der Waals surface area (Å²) < 4.78 is 20.1. The molecule has 0 aliphatic carbocycles. The van der Waals surface area contributed by atoms with Crippen molar-refractivity contribution in [2.75, 3.05) is 6.61 Å². The molecule has 3 aromatic rings. The Balaban J connectivity index is 2.07. The standard InChI is InChI=1S/C20H14FNO2/c21-18-10-16(15-6-3-9-24-20(15)17(18)11-22)13-7-8-19(23)14-5-2-1-4-12(13)14/h1-2,4-5,7-8,10,23H,3,6,9H2. The lowest BCUT2D eigenvalue weighted by molar-refractivity contribution is 0.286. The predicted octanol–water partition coefficient (Wildman–Crippen LogP) is 4.55. The van der Waals surface area contributed by atoms with Gasteiger partial charge in [-0.1, -0.05) is 30.3 Å². The molecule has 3 aromatic carbocycles. The minimum atomic E-state index is -0.578. The minimum absolute atomic E-state index is 0.0310. The van der Waals surface area contributed by atoms with Gasteiger partial charge in [0.15, 0.2) is 0 Å². The van der Waals surface area contributed by atoms with Crippen LogP contribution in [-0.4, -0.2) is 11.7 Å². The summed E-state index contributed by atoms with van der Waals surface area (Å²) in [5.41, 5.74) is 2.37. The van der Waals surface area contributed by atoms with Crippen molar-refractivity contribution in [2.45, 2.75) is 12.8 Å². The molecular weight excluding hydrogens is 305 g/mol. The molecule has 4 rings (SSSR count). The van der Waals surface area contributed by atoms with Crippen LogP contribution >= 0.6 is 0 Å². The molecule has 118 valence electrons. The average Bonchev–Trinajstić information content (AvgIpc) is 2.62. The topological polar surface area (TPSA) is 53.2 Å². The van der Waals surface area contributed by atoms with Crippen LogP contribution in [0.15, 0.2) is 42.5 Å². The summed E-state index contributed by atoms with van der Waals surface area (Å²) in [4.78, 5) is 0. The number of aromatic hydroxyl groups is 1. The summed E-state index contributed by atoms with van der Waals surface area (Å²) in [6.07, 6.45) is 1.56. The number of hydrogen-bond acceptors (Lipinski definition) is 3. The Kier molecular flexibility index (Phi) is 3.35. The van der Waals surface area contributed by atoms with Gasteiger partial charge in [0.2, 0.25) is 0 Å². The van der Waals surface area contributed by atoms with Crippen molar-refractivity contribution in [3.8, 4) is 28.7 Å². The van der Waals surface area contributed by atoms with Crippen molar-refractivity contribution in [3.63, 3.8) is 0 Å². The number of rotatable bonds is 1. The van der Waals surface area contributed by atoms with Crippen LogP contribution in [0.4, 0.5) is 4.39 Å². The highest BCUT2D eigenvalue weighted by atomic mass is 19.1. The molecule has 0 unspecified atom stereocenters. The van der Waals surface area contributed by atoms with Crippen LogP contribution in [0, 0.1) is 17.1 Å². The Labute approximate surface area is 138 Å². The van der Waals surface area contributed by atoms with Gasteiger partial charge in [-0.3, -0.25) is 0 Å². The number of fused-ring (bicyclic) bond motifs is 2. The fourth-order valence-electron chi connectivity index (χ4n) is 3.36. The van der Waals surface area contributed by atoms with Crippen LogP contribution in [0.3, 0.4) is 0 Å². The van der Waals surface area contributed by atoms with Crippen molar-refractivity contribution in [3.05, 3.63) is 59.4 Å². The molecule has 1 heterocycles. The lowest BCUT2D eigenvalue weighted by atomic mass is 9.89. The third-order valence-corrected chi connectivity index (χ3v) is 4.46. The van der Waals surface area contributed by atoms with Crippen LogP contribution < -0.4 is 4.74 Å². The number of halogens is 1. The maximum atomic E-state index is 14.5. The van der Waals surface area contributed by atoms with E-state index < -0.39 is 5.82 Å². The molecule has 1 N–H and O–H groups in total. The summed E-state index contributed by atoms with van der Waals surface area (Å²) in [5.74, 6) is -0.0326. The van der Waals surface area contributed by atoms with Crippen LogP contribution in [0.2, 0.25) is 0 Å². The monoisotopic (exact) mass is 319 g/mol. The first-order valence-corrected chi connectivity index (χ1v) is 7.80. The number of phenols is 1. The maximum Gasteiger partial charge on any atom is 0.145 e. The number of benzene rings is 3. The first-order chi connectivity index (χ1) is 11.7. The van der Waals surface area contributed by atoms with Gasteiger partial charge < -0.3 is 9.84 Å². The van der Waals surface area contributed by atoms with Gasteiger partial charge in [-0.2, -0.15) is 5.26 Å². The second-order valence-electron chi connectivity index (χ2n) is 5.83. The highest BCUT2D eigenvalue weighted by Crippen LogP contribution is 2.42. The van der Waals surface area contributed by atoms with E-state index in [2.05, 4.69) is 0 Å². The van der Waals surface area contributed by atoms with Gasteiger partial charge in [-0.05, 0) is 41.5 Å². The first-order valence-electron chi connectivity index (χ1n) is 7.80. The molecule has 0 spiro atoms. The molecule has 24 heavy (non-hydrogen) atoms. The Morgan fingerprint density at radius 2 is 1.88 bits per heavy atom. The zero-order valence-corrected chi connectivity index (χ0v) is 12.8. The third kappa shape index (κ3) is 2.10. The highest BCUT2D eigenvalue weighted by molar-refractivity contribution is 6.01. The first kappa shape index (κ1) is 14.5. The van der Waals surface area contributed by atoms with E-state index in [0.29, 0.717) is 17.7 Å². The molecule has 4 heteroatoms.